The normalized spacial score (nSPS) is 14.2. The van der Waals surface area contributed by atoms with Gasteiger partial charge in [-0.1, -0.05) is 34.6 Å². The first-order valence-corrected chi connectivity index (χ1v) is 5.25. The topological polar surface area (TPSA) is 55.1 Å². The maximum atomic E-state index is 11.5. The average molecular weight is 200 g/mol. The summed E-state index contributed by atoms with van der Waals surface area (Å²) >= 11 is 0. The predicted octanol–water partition coefficient (Wildman–Crippen LogP) is 1.52. The van der Waals surface area contributed by atoms with Gasteiger partial charge >= 0.3 is 0 Å². The van der Waals surface area contributed by atoms with E-state index in [9.17, 15) is 4.79 Å². The summed E-state index contributed by atoms with van der Waals surface area (Å²) in [6.45, 7) is 11.1. The molecule has 0 aromatic carbocycles. The first-order valence-electron chi connectivity index (χ1n) is 5.25. The minimum atomic E-state index is -0.364. The number of nitrogens with two attached hydrogens (primary N) is 1. The number of amides is 1. The van der Waals surface area contributed by atoms with Gasteiger partial charge in [0.2, 0.25) is 5.91 Å². The van der Waals surface area contributed by atoms with E-state index < -0.39 is 0 Å². The summed E-state index contributed by atoms with van der Waals surface area (Å²) in [5, 5.41) is 2.86. The Kier molecular flexibility index (Phi) is 5.13. The fraction of sp³-hybridized carbons (Fsp3) is 0.909. The van der Waals surface area contributed by atoms with Crippen molar-refractivity contribution in [3.63, 3.8) is 0 Å². The minimum Gasteiger partial charge on any atom is -0.354 e. The second-order valence-corrected chi connectivity index (χ2v) is 5.51. The van der Waals surface area contributed by atoms with Crippen molar-refractivity contribution in [2.45, 2.75) is 47.1 Å². The molecule has 0 aliphatic heterocycles. The van der Waals surface area contributed by atoms with Crippen molar-refractivity contribution in [1.29, 1.82) is 0 Å². The molecule has 84 valence electrons. The maximum absolute atomic E-state index is 11.5. The summed E-state index contributed by atoms with van der Waals surface area (Å²) in [6, 6.07) is -0.364. The van der Waals surface area contributed by atoms with Gasteiger partial charge in [0, 0.05) is 6.54 Å². The van der Waals surface area contributed by atoms with E-state index in [0.717, 1.165) is 6.42 Å². The van der Waals surface area contributed by atoms with Crippen LogP contribution in [0.25, 0.3) is 0 Å². The van der Waals surface area contributed by atoms with E-state index in [1.807, 2.05) is 0 Å². The molecule has 0 spiro atoms. The Bertz CT molecular complexity index is 182. The second-order valence-electron chi connectivity index (χ2n) is 5.51. The highest BCUT2D eigenvalue weighted by atomic mass is 16.2. The first kappa shape index (κ1) is 13.4. The van der Waals surface area contributed by atoms with E-state index in [1.165, 1.54) is 0 Å². The smallest absolute Gasteiger partial charge is 0.236 e. The molecule has 0 fully saturated rings. The van der Waals surface area contributed by atoms with Crippen LogP contribution < -0.4 is 11.1 Å². The van der Waals surface area contributed by atoms with Crippen molar-refractivity contribution < 1.29 is 4.79 Å². The fourth-order valence-corrected chi connectivity index (χ4v) is 1.10. The standard InChI is InChI=1S/C11H24N2O/c1-8(2)6-9(12)10(14)13-7-11(3,4)5/h8-9H,6-7,12H2,1-5H3,(H,13,14). The lowest BCUT2D eigenvalue weighted by molar-refractivity contribution is -0.123. The van der Waals surface area contributed by atoms with Gasteiger partial charge in [0.25, 0.3) is 0 Å². The van der Waals surface area contributed by atoms with Gasteiger partial charge in [-0.15, -0.1) is 0 Å². The van der Waals surface area contributed by atoms with E-state index in [2.05, 4.69) is 39.9 Å². The third-order valence-corrected chi connectivity index (χ3v) is 1.86. The van der Waals surface area contributed by atoms with Crippen molar-refractivity contribution >= 4 is 5.91 Å². The van der Waals surface area contributed by atoms with Crippen LogP contribution in [0.1, 0.15) is 41.0 Å². The van der Waals surface area contributed by atoms with Crippen LogP contribution in [0.4, 0.5) is 0 Å². The molecule has 0 saturated heterocycles. The zero-order valence-corrected chi connectivity index (χ0v) is 10.1. The zero-order chi connectivity index (χ0) is 11.4. The summed E-state index contributed by atoms with van der Waals surface area (Å²) in [7, 11) is 0. The van der Waals surface area contributed by atoms with Gasteiger partial charge in [-0.2, -0.15) is 0 Å². The average Bonchev–Trinajstić information content (AvgIpc) is 1.97. The van der Waals surface area contributed by atoms with Crippen LogP contribution in [0.2, 0.25) is 0 Å². The van der Waals surface area contributed by atoms with Gasteiger partial charge in [-0.25, -0.2) is 0 Å². The SMILES string of the molecule is CC(C)CC(N)C(=O)NCC(C)(C)C. The molecular formula is C11H24N2O. The first-order chi connectivity index (χ1) is 6.22. The molecule has 14 heavy (non-hydrogen) atoms. The zero-order valence-electron chi connectivity index (χ0n) is 10.1. The number of hydrogen-bond acceptors (Lipinski definition) is 2. The van der Waals surface area contributed by atoms with E-state index >= 15 is 0 Å². The van der Waals surface area contributed by atoms with Crippen LogP contribution >= 0.6 is 0 Å². The Morgan fingerprint density at radius 2 is 1.86 bits per heavy atom. The molecule has 0 aliphatic rings. The van der Waals surface area contributed by atoms with Crippen molar-refractivity contribution in [2.75, 3.05) is 6.54 Å². The van der Waals surface area contributed by atoms with E-state index in [1.54, 1.807) is 0 Å². The van der Waals surface area contributed by atoms with Crippen LogP contribution in [-0.2, 0) is 4.79 Å². The third-order valence-electron chi connectivity index (χ3n) is 1.86. The molecule has 0 radical (unpaired) electrons. The molecule has 0 bridgehead atoms. The summed E-state index contributed by atoms with van der Waals surface area (Å²) in [5.41, 5.74) is 5.85. The van der Waals surface area contributed by atoms with Crippen LogP contribution in [0.3, 0.4) is 0 Å². The number of carbonyl (C=O) groups is 1. The van der Waals surface area contributed by atoms with Crippen molar-refractivity contribution in [3.05, 3.63) is 0 Å². The Balaban J connectivity index is 3.85. The van der Waals surface area contributed by atoms with Crippen molar-refractivity contribution in [2.24, 2.45) is 17.1 Å². The van der Waals surface area contributed by atoms with Gasteiger partial charge in [-0.3, -0.25) is 4.79 Å². The van der Waals surface area contributed by atoms with Gasteiger partial charge < -0.3 is 11.1 Å². The van der Waals surface area contributed by atoms with E-state index in [0.29, 0.717) is 12.5 Å². The highest BCUT2D eigenvalue weighted by Crippen LogP contribution is 2.10. The summed E-state index contributed by atoms with van der Waals surface area (Å²) < 4.78 is 0. The maximum Gasteiger partial charge on any atom is 0.236 e. The second kappa shape index (κ2) is 5.35. The Hall–Kier alpha value is -0.570. The summed E-state index contributed by atoms with van der Waals surface area (Å²) in [5.74, 6) is 0.430. The Morgan fingerprint density at radius 3 is 2.21 bits per heavy atom. The Labute approximate surface area is 87.4 Å². The fourth-order valence-electron chi connectivity index (χ4n) is 1.10. The van der Waals surface area contributed by atoms with Gasteiger partial charge in [-0.05, 0) is 17.8 Å². The lowest BCUT2D eigenvalue weighted by atomic mass is 9.96. The number of rotatable bonds is 4. The van der Waals surface area contributed by atoms with Crippen LogP contribution in [0.5, 0.6) is 0 Å². The molecular weight excluding hydrogens is 176 g/mol. The van der Waals surface area contributed by atoms with Crippen molar-refractivity contribution in [3.8, 4) is 0 Å². The summed E-state index contributed by atoms with van der Waals surface area (Å²) in [6.07, 6.45) is 0.746. The van der Waals surface area contributed by atoms with Crippen LogP contribution in [0.15, 0.2) is 0 Å². The molecule has 3 nitrogen and oxygen atoms in total. The van der Waals surface area contributed by atoms with Crippen LogP contribution in [0, 0.1) is 11.3 Å². The molecule has 3 N–H and O–H groups in total. The monoisotopic (exact) mass is 200 g/mol. The molecule has 0 saturated carbocycles. The molecule has 0 aromatic heterocycles. The highest BCUT2D eigenvalue weighted by Gasteiger charge is 2.17. The molecule has 0 heterocycles. The quantitative estimate of drug-likeness (QED) is 0.723. The molecule has 0 rings (SSSR count). The number of nitrogens with one attached hydrogen (secondary N) is 1. The number of hydrogen-bond donors (Lipinski definition) is 2. The van der Waals surface area contributed by atoms with E-state index in [-0.39, 0.29) is 17.4 Å². The lowest BCUT2D eigenvalue weighted by Gasteiger charge is -2.21. The molecule has 3 heteroatoms. The minimum absolute atomic E-state index is 0.0337. The van der Waals surface area contributed by atoms with Gasteiger partial charge in [0.05, 0.1) is 6.04 Å². The third kappa shape index (κ3) is 6.89. The lowest BCUT2D eigenvalue weighted by Crippen LogP contribution is -2.44. The van der Waals surface area contributed by atoms with Crippen molar-refractivity contribution in [1.82, 2.24) is 5.32 Å². The number of carbonyl (C=O) groups excluding carboxylic acids is 1. The molecule has 0 aliphatic carbocycles. The summed E-state index contributed by atoms with van der Waals surface area (Å²) in [4.78, 5) is 11.5. The molecule has 1 amide bonds. The predicted molar refractivity (Wildman–Crippen MR) is 59.9 cm³/mol. The van der Waals surface area contributed by atoms with Gasteiger partial charge in [0.15, 0.2) is 0 Å². The molecule has 1 atom stereocenters. The molecule has 1 unspecified atom stereocenters. The molecule has 0 aromatic rings. The van der Waals surface area contributed by atoms with Crippen LogP contribution in [-0.4, -0.2) is 18.5 Å². The van der Waals surface area contributed by atoms with E-state index in [4.69, 9.17) is 5.73 Å². The largest absolute Gasteiger partial charge is 0.354 e. The highest BCUT2D eigenvalue weighted by molar-refractivity contribution is 5.81. The Morgan fingerprint density at radius 1 is 1.36 bits per heavy atom. The van der Waals surface area contributed by atoms with Gasteiger partial charge in [0.1, 0.15) is 0 Å².